The van der Waals surface area contributed by atoms with Crippen molar-refractivity contribution >= 4 is 75.9 Å². The summed E-state index contributed by atoms with van der Waals surface area (Å²) < 4.78 is 6.85. The maximum absolute atomic E-state index is 6.85. The minimum Gasteiger partial charge on any atom is -0.456 e. The summed E-state index contributed by atoms with van der Waals surface area (Å²) in [5.74, 6) is 1.83. The van der Waals surface area contributed by atoms with Crippen molar-refractivity contribution in [3.63, 3.8) is 0 Å². The van der Waals surface area contributed by atoms with E-state index < -0.39 is 0 Å². The molecule has 0 bridgehead atoms. The zero-order chi connectivity index (χ0) is 47.7. The Morgan fingerprint density at radius 1 is 0.319 bits per heavy atom. The highest BCUT2D eigenvalue weighted by molar-refractivity contribution is 6.30. The number of rotatable bonds is 5. The van der Waals surface area contributed by atoms with Crippen LogP contribution in [0.1, 0.15) is 25.0 Å². The van der Waals surface area contributed by atoms with Crippen LogP contribution in [-0.4, -0.2) is 19.9 Å². The maximum Gasteiger partial charge on any atom is 0.164 e. The second-order valence-electron chi connectivity index (χ2n) is 19.7. The normalized spacial score (nSPS) is 13.0. The highest BCUT2D eigenvalue weighted by atomic mass is 16.3. The monoisotopic (exact) mass is 918 g/mol. The van der Waals surface area contributed by atoms with Crippen LogP contribution in [0.4, 0.5) is 0 Å². The second-order valence-corrected chi connectivity index (χ2v) is 19.7. The summed E-state index contributed by atoms with van der Waals surface area (Å²) in [6.07, 6.45) is 0. The van der Waals surface area contributed by atoms with E-state index in [-0.39, 0.29) is 5.41 Å². The molecule has 0 amide bonds. The zero-order valence-corrected chi connectivity index (χ0v) is 39.5. The molecule has 336 valence electrons. The fourth-order valence-corrected chi connectivity index (χ4v) is 11.9. The number of hydrogen-bond acceptors (Lipinski definition) is 5. The van der Waals surface area contributed by atoms with Gasteiger partial charge in [-0.05, 0) is 96.5 Å². The van der Waals surface area contributed by atoms with Gasteiger partial charge in [0.2, 0.25) is 0 Å². The molecule has 0 saturated carbocycles. The molecule has 3 aromatic heterocycles. The van der Waals surface area contributed by atoms with Gasteiger partial charge in [0, 0.05) is 60.2 Å². The molecule has 0 fully saturated rings. The van der Waals surface area contributed by atoms with Gasteiger partial charge >= 0.3 is 0 Å². The van der Waals surface area contributed by atoms with Crippen LogP contribution in [-0.2, 0) is 5.41 Å². The Kier molecular flexibility index (Phi) is 8.64. The minimum atomic E-state index is -0.171. The Hall–Kier alpha value is -9.32. The topological polar surface area (TPSA) is 64.7 Å². The van der Waals surface area contributed by atoms with Gasteiger partial charge in [0.05, 0.1) is 11.2 Å². The van der Waals surface area contributed by atoms with Gasteiger partial charge in [0.25, 0.3) is 0 Å². The van der Waals surface area contributed by atoms with Crippen LogP contribution >= 0.6 is 0 Å². The van der Waals surface area contributed by atoms with E-state index in [9.17, 15) is 0 Å². The molecule has 72 heavy (non-hydrogen) atoms. The minimum absolute atomic E-state index is 0.171. The standard InChI is InChI=1S/C67H42N4O/c1-67(2)55-28-13-10-25-49(55)50-34-32-43(37-56(50)67)66-70-64(39-17-4-3-5-18-39)69-65(71-66)42-20-16-19-41(35-42)63-54-38-59-62(52-27-12-15-30-58(52)72-59)60(61(54)51-26-11-14-29-57(51)68-63)40-31-33-48-46-23-7-6-21-44(46)45-22-8-9-24-47(45)53(48)36-40/h3-38H,1-2H3. The number of para-hydroxylation sites is 2. The van der Waals surface area contributed by atoms with Gasteiger partial charge in [-0.2, -0.15) is 0 Å². The average Bonchev–Trinajstić information content (AvgIpc) is 3.93. The maximum atomic E-state index is 6.85. The van der Waals surface area contributed by atoms with E-state index in [2.05, 4.69) is 208 Å². The van der Waals surface area contributed by atoms with E-state index in [4.69, 9.17) is 24.4 Å². The fraction of sp³-hybridized carbons (Fsp3) is 0.0448. The lowest BCUT2D eigenvalue weighted by Crippen LogP contribution is -2.15. The van der Waals surface area contributed by atoms with Gasteiger partial charge in [-0.1, -0.05) is 196 Å². The quantitative estimate of drug-likeness (QED) is 0.161. The molecular formula is C67H42N4O. The predicted molar refractivity (Wildman–Crippen MR) is 297 cm³/mol. The van der Waals surface area contributed by atoms with Crippen LogP contribution in [0.3, 0.4) is 0 Å². The van der Waals surface area contributed by atoms with Crippen LogP contribution in [0, 0.1) is 0 Å². The first-order valence-corrected chi connectivity index (χ1v) is 24.6. The van der Waals surface area contributed by atoms with Crippen molar-refractivity contribution in [3.05, 3.63) is 230 Å². The molecule has 0 spiro atoms. The summed E-state index contributed by atoms with van der Waals surface area (Å²) in [7, 11) is 0. The molecule has 5 heteroatoms. The molecule has 0 radical (unpaired) electrons. The summed E-state index contributed by atoms with van der Waals surface area (Å²) in [4.78, 5) is 21.2. The molecule has 14 aromatic rings. The van der Waals surface area contributed by atoms with E-state index in [1.807, 2.05) is 24.3 Å². The Labute approximate surface area is 414 Å². The smallest absolute Gasteiger partial charge is 0.164 e. The molecule has 0 unspecified atom stereocenters. The zero-order valence-electron chi connectivity index (χ0n) is 39.5. The number of benzene rings is 11. The molecular weight excluding hydrogens is 877 g/mol. The Balaban J connectivity index is 0.967. The third kappa shape index (κ3) is 6.01. The molecule has 1 aliphatic rings. The predicted octanol–water partition coefficient (Wildman–Crippen LogP) is 17.6. The number of fused-ring (bicyclic) bond motifs is 15. The van der Waals surface area contributed by atoms with Crippen LogP contribution in [0.15, 0.2) is 223 Å². The van der Waals surface area contributed by atoms with E-state index in [0.29, 0.717) is 17.5 Å². The third-order valence-electron chi connectivity index (χ3n) is 15.3. The van der Waals surface area contributed by atoms with Crippen molar-refractivity contribution in [2.45, 2.75) is 19.3 Å². The summed E-state index contributed by atoms with van der Waals surface area (Å²) in [5, 5.41) is 12.8. The summed E-state index contributed by atoms with van der Waals surface area (Å²) in [6, 6.07) is 77.8. The van der Waals surface area contributed by atoms with Gasteiger partial charge in [0.1, 0.15) is 11.2 Å². The molecule has 0 atom stereocenters. The second kappa shape index (κ2) is 15.3. The van der Waals surface area contributed by atoms with Gasteiger partial charge in [0.15, 0.2) is 17.5 Å². The lowest BCUT2D eigenvalue weighted by atomic mass is 9.82. The SMILES string of the molecule is CC1(C)c2ccccc2-c2ccc(-c3nc(-c4ccccc4)nc(-c4cccc(-c5nc6ccccc6c6c(-c7ccc8c9ccccc9c9ccccc9c8c7)c7c(cc56)oc5ccccc57)c4)n3)cc21. The summed E-state index contributed by atoms with van der Waals surface area (Å²) in [6.45, 7) is 4.61. The highest BCUT2D eigenvalue weighted by Gasteiger charge is 2.35. The molecule has 11 aromatic carbocycles. The van der Waals surface area contributed by atoms with E-state index in [1.54, 1.807) is 0 Å². The largest absolute Gasteiger partial charge is 0.456 e. The third-order valence-corrected chi connectivity index (χ3v) is 15.3. The van der Waals surface area contributed by atoms with Crippen LogP contribution in [0.25, 0.3) is 144 Å². The molecule has 5 nitrogen and oxygen atoms in total. The first kappa shape index (κ1) is 40.6. The van der Waals surface area contributed by atoms with E-state index in [0.717, 1.165) is 82.7 Å². The Bertz CT molecular complexity index is 4570. The molecule has 3 heterocycles. The first-order chi connectivity index (χ1) is 35.4. The van der Waals surface area contributed by atoms with Gasteiger partial charge < -0.3 is 4.42 Å². The van der Waals surface area contributed by atoms with Crippen LogP contribution in [0.5, 0.6) is 0 Å². The van der Waals surface area contributed by atoms with Crippen molar-refractivity contribution < 1.29 is 4.42 Å². The first-order valence-electron chi connectivity index (χ1n) is 24.6. The Morgan fingerprint density at radius 3 is 1.64 bits per heavy atom. The lowest BCUT2D eigenvalue weighted by molar-refractivity contribution is 0.660. The van der Waals surface area contributed by atoms with Gasteiger partial charge in [-0.3, -0.25) is 0 Å². The van der Waals surface area contributed by atoms with Crippen LogP contribution < -0.4 is 0 Å². The van der Waals surface area contributed by atoms with Crippen molar-refractivity contribution in [3.8, 4) is 67.7 Å². The van der Waals surface area contributed by atoms with E-state index in [1.165, 1.54) is 54.6 Å². The summed E-state index contributed by atoms with van der Waals surface area (Å²) in [5.41, 5.74) is 14.3. The Morgan fingerprint density at radius 2 is 0.875 bits per heavy atom. The number of furan rings is 1. The van der Waals surface area contributed by atoms with Crippen molar-refractivity contribution in [2.75, 3.05) is 0 Å². The highest BCUT2D eigenvalue weighted by Crippen LogP contribution is 2.51. The van der Waals surface area contributed by atoms with Crippen molar-refractivity contribution in [1.29, 1.82) is 0 Å². The molecule has 0 aliphatic heterocycles. The summed E-state index contributed by atoms with van der Waals surface area (Å²) >= 11 is 0. The molecule has 1 aliphatic carbocycles. The molecule has 15 rings (SSSR count). The molecule has 0 N–H and O–H groups in total. The van der Waals surface area contributed by atoms with Crippen molar-refractivity contribution in [2.24, 2.45) is 0 Å². The number of pyridine rings is 1. The fourth-order valence-electron chi connectivity index (χ4n) is 11.9. The van der Waals surface area contributed by atoms with Crippen molar-refractivity contribution in [1.82, 2.24) is 19.9 Å². The molecule has 0 saturated heterocycles. The van der Waals surface area contributed by atoms with Crippen LogP contribution in [0.2, 0.25) is 0 Å². The number of hydrogen-bond donors (Lipinski definition) is 0. The van der Waals surface area contributed by atoms with Gasteiger partial charge in [-0.15, -0.1) is 0 Å². The number of nitrogens with zero attached hydrogens (tertiary/aromatic N) is 4. The number of aromatic nitrogens is 4. The van der Waals surface area contributed by atoms with Gasteiger partial charge in [-0.25, -0.2) is 19.9 Å². The van der Waals surface area contributed by atoms with E-state index >= 15 is 0 Å². The lowest BCUT2D eigenvalue weighted by Gasteiger charge is -2.21. The average molecular weight is 919 g/mol.